The van der Waals surface area contributed by atoms with Gasteiger partial charge in [-0.1, -0.05) is 19.1 Å². The molecule has 1 atom stereocenters. The fourth-order valence-electron chi connectivity index (χ4n) is 1.92. The number of tetrazole rings is 1. The minimum absolute atomic E-state index is 0.441. The van der Waals surface area contributed by atoms with Gasteiger partial charge in [-0.2, -0.15) is 0 Å². The molecule has 0 radical (unpaired) electrons. The highest BCUT2D eigenvalue weighted by Crippen LogP contribution is 2.27. The first-order valence-corrected chi connectivity index (χ1v) is 6.84. The molecule has 0 aliphatic rings. The highest BCUT2D eigenvalue weighted by Gasteiger charge is 2.16. The topological polar surface area (TPSA) is 90.1 Å². The SMILES string of the molecule is CCOc1ccccc1-c1nnnn1CCC(C)C(=O)O. The van der Waals surface area contributed by atoms with Crippen molar-refractivity contribution in [2.24, 2.45) is 5.92 Å². The molecule has 7 nitrogen and oxygen atoms in total. The summed E-state index contributed by atoms with van der Waals surface area (Å²) in [5, 5.41) is 20.6. The number of aryl methyl sites for hydroxylation is 1. The third-order valence-electron chi connectivity index (χ3n) is 3.16. The number of carboxylic acid groups (broad SMARTS) is 1. The van der Waals surface area contributed by atoms with Gasteiger partial charge in [0.05, 0.1) is 18.1 Å². The largest absolute Gasteiger partial charge is 0.493 e. The molecule has 2 aromatic rings. The minimum atomic E-state index is -0.820. The van der Waals surface area contributed by atoms with Crippen LogP contribution in [0.25, 0.3) is 11.4 Å². The number of carboxylic acids is 1. The van der Waals surface area contributed by atoms with Crippen molar-refractivity contribution < 1.29 is 14.6 Å². The number of aliphatic carboxylic acids is 1. The Morgan fingerprint density at radius 1 is 1.43 bits per heavy atom. The molecule has 0 saturated heterocycles. The molecule has 1 heterocycles. The van der Waals surface area contributed by atoms with Gasteiger partial charge in [0, 0.05) is 6.54 Å². The van der Waals surface area contributed by atoms with Crippen LogP contribution in [0.1, 0.15) is 20.3 Å². The van der Waals surface area contributed by atoms with Crippen molar-refractivity contribution in [2.45, 2.75) is 26.8 Å². The van der Waals surface area contributed by atoms with Crippen LogP contribution in [0.4, 0.5) is 0 Å². The summed E-state index contributed by atoms with van der Waals surface area (Å²) in [6, 6.07) is 7.51. The van der Waals surface area contributed by atoms with E-state index in [-0.39, 0.29) is 0 Å². The predicted octanol–water partition coefficient (Wildman–Crippen LogP) is 1.85. The quantitative estimate of drug-likeness (QED) is 0.837. The highest BCUT2D eigenvalue weighted by atomic mass is 16.5. The standard InChI is InChI=1S/C14H18N4O3/c1-3-21-12-7-5-4-6-11(12)13-15-16-17-18(13)9-8-10(2)14(19)20/h4-7,10H,3,8-9H2,1-2H3,(H,19,20). The van der Waals surface area contributed by atoms with E-state index in [1.165, 1.54) is 0 Å². The summed E-state index contributed by atoms with van der Waals surface area (Å²) in [5.74, 6) is 0.0301. The van der Waals surface area contributed by atoms with Crippen LogP contribution in [-0.2, 0) is 11.3 Å². The van der Waals surface area contributed by atoms with E-state index >= 15 is 0 Å². The predicted molar refractivity (Wildman–Crippen MR) is 75.8 cm³/mol. The molecule has 1 unspecified atom stereocenters. The fraction of sp³-hybridized carbons (Fsp3) is 0.429. The van der Waals surface area contributed by atoms with Gasteiger partial charge in [0.25, 0.3) is 0 Å². The van der Waals surface area contributed by atoms with Crippen molar-refractivity contribution in [1.82, 2.24) is 20.2 Å². The van der Waals surface area contributed by atoms with Crippen molar-refractivity contribution >= 4 is 5.97 Å². The number of ether oxygens (including phenoxy) is 1. The van der Waals surface area contributed by atoms with E-state index in [4.69, 9.17) is 9.84 Å². The lowest BCUT2D eigenvalue weighted by atomic mass is 10.1. The van der Waals surface area contributed by atoms with Gasteiger partial charge in [0.15, 0.2) is 5.82 Å². The summed E-state index contributed by atoms with van der Waals surface area (Å²) in [7, 11) is 0. The Balaban J connectivity index is 2.22. The van der Waals surface area contributed by atoms with Crippen LogP contribution in [0.15, 0.2) is 24.3 Å². The third kappa shape index (κ3) is 3.56. The summed E-state index contributed by atoms with van der Waals surface area (Å²) in [5.41, 5.74) is 0.798. The molecule has 1 N–H and O–H groups in total. The van der Waals surface area contributed by atoms with E-state index in [0.717, 1.165) is 5.56 Å². The first-order chi connectivity index (χ1) is 10.1. The van der Waals surface area contributed by atoms with Gasteiger partial charge in [0.2, 0.25) is 0 Å². The third-order valence-corrected chi connectivity index (χ3v) is 3.16. The van der Waals surface area contributed by atoms with Crippen LogP contribution < -0.4 is 4.74 Å². The average molecular weight is 290 g/mol. The Bertz CT molecular complexity index is 612. The molecule has 21 heavy (non-hydrogen) atoms. The van der Waals surface area contributed by atoms with Crippen LogP contribution in [0, 0.1) is 5.92 Å². The molecule has 0 aliphatic heterocycles. The van der Waals surface area contributed by atoms with Crippen molar-refractivity contribution in [3.05, 3.63) is 24.3 Å². The van der Waals surface area contributed by atoms with Crippen LogP contribution in [0.2, 0.25) is 0 Å². The van der Waals surface area contributed by atoms with E-state index in [0.29, 0.717) is 31.1 Å². The second-order valence-corrected chi connectivity index (χ2v) is 4.68. The first-order valence-electron chi connectivity index (χ1n) is 6.84. The molecular formula is C14H18N4O3. The smallest absolute Gasteiger partial charge is 0.306 e. The molecular weight excluding hydrogens is 272 g/mol. The van der Waals surface area contributed by atoms with Crippen molar-refractivity contribution in [3.63, 3.8) is 0 Å². The molecule has 112 valence electrons. The van der Waals surface area contributed by atoms with Crippen LogP contribution in [0.3, 0.4) is 0 Å². The van der Waals surface area contributed by atoms with Crippen molar-refractivity contribution in [2.75, 3.05) is 6.61 Å². The molecule has 0 amide bonds. The lowest BCUT2D eigenvalue weighted by molar-refractivity contribution is -0.141. The molecule has 1 aromatic carbocycles. The molecule has 0 bridgehead atoms. The summed E-state index contributed by atoms with van der Waals surface area (Å²) in [4.78, 5) is 10.9. The zero-order valence-electron chi connectivity index (χ0n) is 12.1. The molecule has 1 aromatic heterocycles. The number of nitrogens with zero attached hydrogens (tertiary/aromatic N) is 4. The van der Waals surface area contributed by atoms with E-state index in [1.54, 1.807) is 11.6 Å². The fourth-order valence-corrected chi connectivity index (χ4v) is 1.92. The lowest BCUT2D eigenvalue weighted by Gasteiger charge is -2.11. The number of aromatic nitrogens is 4. The maximum Gasteiger partial charge on any atom is 0.306 e. The van der Waals surface area contributed by atoms with E-state index < -0.39 is 11.9 Å². The van der Waals surface area contributed by atoms with Gasteiger partial charge in [-0.15, -0.1) is 5.10 Å². The molecule has 0 spiro atoms. The highest BCUT2D eigenvalue weighted by molar-refractivity contribution is 5.69. The average Bonchev–Trinajstić information content (AvgIpc) is 2.93. The maximum absolute atomic E-state index is 10.9. The van der Waals surface area contributed by atoms with Gasteiger partial charge < -0.3 is 9.84 Å². The molecule has 0 saturated carbocycles. The molecule has 7 heteroatoms. The molecule has 0 aliphatic carbocycles. The van der Waals surface area contributed by atoms with Gasteiger partial charge in [0.1, 0.15) is 5.75 Å². The van der Waals surface area contributed by atoms with E-state index in [2.05, 4.69) is 15.5 Å². The number of benzene rings is 1. The van der Waals surface area contributed by atoms with Crippen LogP contribution >= 0.6 is 0 Å². The summed E-state index contributed by atoms with van der Waals surface area (Å²) in [6.45, 7) is 4.57. The minimum Gasteiger partial charge on any atom is -0.493 e. The van der Waals surface area contributed by atoms with E-state index in [9.17, 15) is 4.79 Å². The number of para-hydroxylation sites is 1. The Morgan fingerprint density at radius 3 is 2.90 bits per heavy atom. The summed E-state index contributed by atoms with van der Waals surface area (Å²) in [6.07, 6.45) is 0.462. The first kappa shape index (κ1) is 15.0. The summed E-state index contributed by atoms with van der Waals surface area (Å²) < 4.78 is 7.19. The zero-order valence-corrected chi connectivity index (χ0v) is 12.1. The van der Waals surface area contributed by atoms with Gasteiger partial charge in [-0.25, -0.2) is 4.68 Å². The normalized spacial score (nSPS) is 12.1. The van der Waals surface area contributed by atoms with Crippen LogP contribution in [-0.4, -0.2) is 37.9 Å². The lowest BCUT2D eigenvalue weighted by Crippen LogP contribution is -2.14. The Labute approximate surface area is 122 Å². The summed E-state index contributed by atoms with van der Waals surface area (Å²) >= 11 is 0. The molecule has 0 fully saturated rings. The zero-order chi connectivity index (χ0) is 15.2. The number of hydrogen-bond acceptors (Lipinski definition) is 5. The maximum atomic E-state index is 10.9. The Morgan fingerprint density at radius 2 is 2.19 bits per heavy atom. The number of rotatable bonds is 7. The van der Waals surface area contributed by atoms with E-state index in [1.807, 2.05) is 31.2 Å². The van der Waals surface area contributed by atoms with Gasteiger partial charge in [-0.05, 0) is 35.9 Å². The van der Waals surface area contributed by atoms with Crippen molar-refractivity contribution in [3.8, 4) is 17.1 Å². The number of hydrogen-bond donors (Lipinski definition) is 1. The monoisotopic (exact) mass is 290 g/mol. The van der Waals surface area contributed by atoms with Crippen molar-refractivity contribution in [1.29, 1.82) is 0 Å². The van der Waals surface area contributed by atoms with Gasteiger partial charge in [-0.3, -0.25) is 4.79 Å². The number of carbonyl (C=O) groups is 1. The second-order valence-electron chi connectivity index (χ2n) is 4.68. The molecule has 2 rings (SSSR count). The second kappa shape index (κ2) is 6.83. The Hall–Kier alpha value is -2.44. The van der Waals surface area contributed by atoms with Gasteiger partial charge >= 0.3 is 5.97 Å². The van der Waals surface area contributed by atoms with Crippen LogP contribution in [0.5, 0.6) is 5.75 Å². The Kier molecular flexibility index (Phi) is 4.86.